The fourth-order valence-corrected chi connectivity index (χ4v) is 2.95. The van der Waals surface area contributed by atoms with E-state index in [-0.39, 0.29) is 0 Å². The highest BCUT2D eigenvalue weighted by Crippen LogP contribution is 2.21. The second kappa shape index (κ2) is 5.61. The van der Waals surface area contributed by atoms with E-state index in [1.54, 1.807) is 11.3 Å². The van der Waals surface area contributed by atoms with Crippen molar-refractivity contribution in [2.45, 2.75) is 13.0 Å². The minimum absolute atomic E-state index is 0.919. The molecule has 0 atom stereocenters. The third kappa shape index (κ3) is 2.93. The van der Waals surface area contributed by atoms with Gasteiger partial charge in [0, 0.05) is 48.3 Å². The first-order chi connectivity index (χ1) is 7.77. The van der Waals surface area contributed by atoms with Crippen LogP contribution < -0.4 is 5.32 Å². The molecule has 5 heteroatoms. The van der Waals surface area contributed by atoms with Gasteiger partial charge in [0.05, 0.1) is 0 Å². The molecule has 0 saturated heterocycles. The molecule has 0 spiro atoms. The average molecular weight is 300 g/mol. The quantitative estimate of drug-likeness (QED) is 0.860. The Morgan fingerprint density at radius 1 is 1.56 bits per heavy atom. The van der Waals surface area contributed by atoms with Gasteiger partial charge in [-0.05, 0) is 27.4 Å². The zero-order valence-electron chi connectivity index (χ0n) is 9.11. The Bertz CT molecular complexity index is 407. The zero-order valence-corrected chi connectivity index (χ0v) is 11.5. The fraction of sp³-hybridized carbons (Fsp3) is 0.364. The summed E-state index contributed by atoms with van der Waals surface area (Å²) < 4.78 is 3.25. The number of hydrogen-bond acceptors (Lipinski definition) is 3. The van der Waals surface area contributed by atoms with Crippen LogP contribution in [0.2, 0.25) is 0 Å². The van der Waals surface area contributed by atoms with Crippen molar-refractivity contribution in [3.05, 3.63) is 39.0 Å². The predicted molar refractivity (Wildman–Crippen MR) is 70.6 cm³/mol. The molecule has 2 aromatic heterocycles. The van der Waals surface area contributed by atoms with Gasteiger partial charge < -0.3 is 9.88 Å². The molecular weight excluding hydrogens is 286 g/mol. The molecule has 2 heterocycles. The number of nitrogens with one attached hydrogen (secondary N) is 1. The number of hydrogen-bond donors (Lipinski definition) is 1. The lowest BCUT2D eigenvalue weighted by atomic mass is 10.4. The molecule has 1 N–H and O–H groups in total. The molecule has 3 nitrogen and oxygen atoms in total. The topological polar surface area (TPSA) is 29.9 Å². The molecule has 0 fully saturated rings. The van der Waals surface area contributed by atoms with Gasteiger partial charge in [0.25, 0.3) is 0 Å². The number of aryl methyl sites for hydroxylation is 1. The van der Waals surface area contributed by atoms with E-state index < -0.39 is 0 Å². The number of aromatic nitrogens is 2. The summed E-state index contributed by atoms with van der Waals surface area (Å²) in [6.07, 6.45) is 4.78. The fourth-order valence-electron chi connectivity index (χ4n) is 1.49. The highest BCUT2D eigenvalue weighted by molar-refractivity contribution is 9.10. The number of thiophene rings is 1. The van der Waals surface area contributed by atoms with Crippen molar-refractivity contribution >= 4 is 27.3 Å². The second-order valence-corrected chi connectivity index (χ2v) is 5.43. The number of halogens is 1. The van der Waals surface area contributed by atoms with Crippen molar-refractivity contribution in [2.24, 2.45) is 7.05 Å². The van der Waals surface area contributed by atoms with Crippen LogP contribution in [0.1, 0.15) is 10.7 Å². The van der Waals surface area contributed by atoms with Gasteiger partial charge in [-0.15, -0.1) is 11.3 Å². The van der Waals surface area contributed by atoms with E-state index in [1.807, 2.05) is 19.4 Å². The molecule has 0 aliphatic carbocycles. The average Bonchev–Trinajstić information content (AvgIpc) is 2.84. The van der Waals surface area contributed by atoms with Crippen LogP contribution in [0.4, 0.5) is 0 Å². The molecule has 86 valence electrons. The Morgan fingerprint density at radius 3 is 3.06 bits per heavy atom. The lowest BCUT2D eigenvalue weighted by Gasteiger charge is -2.04. The van der Waals surface area contributed by atoms with Crippen LogP contribution >= 0.6 is 27.3 Å². The van der Waals surface area contributed by atoms with Gasteiger partial charge in [-0.1, -0.05) is 0 Å². The largest absolute Gasteiger partial charge is 0.338 e. The molecule has 0 amide bonds. The van der Waals surface area contributed by atoms with Crippen LogP contribution in [-0.2, 0) is 20.0 Å². The summed E-state index contributed by atoms with van der Waals surface area (Å²) >= 11 is 5.29. The van der Waals surface area contributed by atoms with Crippen LogP contribution in [0.5, 0.6) is 0 Å². The van der Waals surface area contributed by atoms with E-state index in [0.29, 0.717) is 0 Å². The van der Waals surface area contributed by atoms with Crippen molar-refractivity contribution in [2.75, 3.05) is 6.54 Å². The first-order valence-corrected chi connectivity index (χ1v) is 6.83. The lowest BCUT2D eigenvalue weighted by Crippen LogP contribution is -2.17. The van der Waals surface area contributed by atoms with Crippen LogP contribution in [-0.4, -0.2) is 16.1 Å². The summed E-state index contributed by atoms with van der Waals surface area (Å²) in [5.41, 5.74) is 0. The minimum Gasteiger partial charge on any atom is -0.338 e. The van der Waals surface area contributed by atoms with Crippen molar-refractivity contribution in [3.63, 3.8) is 0 Å². The molecule has 0 aromatic carbocycles. The van der Waals surface area contributed by atoms with E-state index in [9.17, 15) is 0 Å². The minimum atomic E-state index is 0.919. The zero-order chi connectivity index (χ0) is 11.4. The summed E-state index contributed by atoms with van der Waals surface area (Å²) in [6, 6.07) is 2.08. The van der Waals surface area contributed by atoms with Gasteiger partial charge in [0.15, 0.2) is 0 Å². The van der Waals surface area contributed by atoms with Gasteiger partial charge >= 0.3 is 0 Å². The van der Waals surface area contributed by atoms with Crippen LogP contribution in [0, 0.1) is 0 Å². The Hall–Kier alpha value is -0.650. The third-order valence-corrected chi connectivity index (χ3v) is 4.35. The van der Waals surface area contributed by atoms with Gasteiger partial charge in [-0.2, -0.15) is 0 Å². The third-order valence-electron chi connectivity index (χ3n) is 2.42. The first-order valence-electron chi connectivity index (χ1n) is 5.16. The second-order valence-electron chi connectivity index (χ2n) is 3.57. The predicted octanol–water partition coefficient (Wildman–Crippen LogP) is 2.58. The Kier molecular flexibility index (Phi) is 4.15. The van der Waals surface area contributed by atoms with Crippen molar-refractivity contribution in [1.82, 2.24) is 14.9 Å². The smallest absolute Gasteiger partial charge is 0.109 e. The Labute approximate surface area is 108 Å². The highest BCUT2D eigenvalue weighted by Gasteiger charge is 2.01. The van der Waals surface area contributed by atoms with E-state index >= 15 is 0 Å². The summed E-state index contributed by atoms with van der Waals surface area (Å²) in [5, 5.41) is 5.52. The van der Waals surface area contributed by atoms with E-state index in [1.165, 1.54) is 9.35 Å². The van der Waals surface area contributed by atoms with Gasteiger partial charge in [0.1, 0.15) is 5.82 Å². The monoisotopic (exact) mass is 299 g/mol. The normalized spacial score (nSPS) is 10.9. The molecule has 2 aromatic rings. The Balaban J connectivity index is 1.74. The van der Waals surface area contributed by atoms with E-state index in [4.69, 9.17) is 0 Å². The molecule has 0 radical (unpaired) electrons. The van der Waals surface area contributed by atoms with Crippen LogP contribution in [0.15, 0.2) is 28.3 Å². The Morgan fingerprint density at radius 2 is 2.44 bits per heavy atom. The van der Waals surface area contributed by atoms with E-state index in [0.717, 1.165) is 25.3 Å². The van der Waals surface area contributed by atoms with Gasteiger partial charge in [0.2, 0.25) is 0 Å². The summed E-state index contributed by atoms with van der Waals surface area (Å²) in [4.78, 5) is 5.63. The maximum atomic E-state index is 4.28. The van der Waals surface area contributed by atoms with E-state index in [2.05, 4.69) is 42.2 Å². The summed E-state index contributed by atoms with van der Waals surface area (Å²) in [5.74, 6) is 1.12. The molecule has 2 rings (SSSR count). The molecular formula is C11H14BrN3S. The first kappa shape index (κ1) is 11.8. The maximum Gasteiger partial charge on any atom is 0.109 e. The number of nitrogens with zero attached hydrogens (tertiary/aromatic N) is 2. The van der Waals surface area contributed by atoms with Crippen molar-refractivity contribution in [3.8, 4) is 0 Å². The molecule has 0 unspecified atom stereocenters. The SMILES string of the molecule is Cn1ccnc1CCNCc1sccc1Br. The maximum absolute atomic E-state index is 4.28. The lowest BCUT2D eigenvalue weighted by molar-refractivity contribution is 0.658. The molecule has 16 heavy (non-hydrogen) atoms. The molecule has 0 aliphatic heterocycles. The molecule has 0 aliphatic rings. The number of imidazole rings is 1. The highest BCUT2D eigenvalue weighted by atomic mass is 79.9. The van der Waals surface area contributed by atoms with Crippen molar-refractivity contribution in [1.29, 1.82) is 0 Å². The van der Waals surface area contributed by atoms with Crippen molar-refractivity contribution < 1.29 is 0 Å². The number of rotatable bonds is 5. The molecule has 0 bridgehead atoms. The summed E-state index contributed by atoms with van der Waals surface area (Å²) in [6.45, 7) is 1.87. The molecule has 0 saturated carbocycles. The van der Waals surface area contributed by atoms with Gasteiger partial charge in [-0.3, -0.25) is 0 Å². The standard InChI is InChI=1S/C11H14BrN3S/c1-15-6-5-14-11(15)2-4-13-8-10-9(12)3-7-16-10/h3,5-7,13H,2,4,8H2,1H3. The van der Waals surface area contributed by atoms with Gasteiger partial charge in [-0.25, -0.2) is 4.98 Å². The summed E-state index contributed by atoms with van der Waals surface area (Å²) in [7, 11) is 2.03. The van der Waals surface area contributed by atoms with Crippen LogP contribution in [0.3, 0.4) is 0 Å². The van der Waals surface area contributed by atoms with Crippen LogP contribution in [0.25, 0.3) is 0 Å².